The second-order valence-corrected chi connectivity index (χ2v) is 8.58. The Kier molecular flexibility index (Phi) is 4.57. The third-order valence-electron chi connectivity index (χ3n) is 5.94. The molecule has 1 aromatic heterocycles. The fourth-order valence-corrected chi connectivity index (χ4v) is 4.76. The SMILES string of the molecule is NC(=O)[C@]1(Cc2ccc(-c3cccs3)cc2)CCN(C(=O)C2CCC2)C1. The van der Waals surface area contributed by atoms with Gasteiger partial charge >= 0.3 is 0 Å². The fourth-order valence-electron chi connectivity index (χ4n) is 4.03. The molecule has 2 heterocycles. The summed E-state index contributed by atoms with van der Waals surface area (Å²) in [5.41, 5.74) is 7.45. The largest absolute Gasteiger partial charge is 0.369 e. The van der Waals surface area contributed by atoms with E-state index in [9.17, 15) is 9.59 Å². The number of carbonyl (C=O) groups is 2. The number of primary amides is 1. The molecule has 2 aromatic rings. The van der Waals surface area contributed by atoms with Crippen molar-refractivity contribution in [3.63, 3.8) is 0 Å². The molecule has 0 spiro atoms. The number of likely N-dealkylation sites (tertiary alicyclic amines) is 1. The molecular weight excluding hydrogens is 344 g/mol. The monoisotopic (exact) mass is 368 g/mol. The van der Waals surface area contributed by atoms with Crippen LogP contribution in [0.1, 0.15) is 31.2 Å². The summed E-state index contributed by atoms with van der Waals surface area (Å²) in [6.45, 7) is 1.11. The Hall–Kier alpha value is -2.14. The standard InChI is InChI=1S/C21H24N2O2S/c22-20(25)21(10-11-23(14-21)19(24)17-3-1-4-17)13-15-6-8-16(9-7-15)18-5-2-12-26-18/h2,5-9,12,17H,1,3-4,10-11,13-14H2,(H2,22,25)/t21-/m0/s1. The number of nitrogens with two attached hydrogens (primary N) is 1. The van der Waals surface area contributed by atoms with E-state index in [4.69, 9.17) is 5.73 Å². The van der Waals surface area contributed by atoms with E-state index in [1.54, 1.807) is 11.3 Å². The number of amides is 2. The minimum atomic E-state index is -0.635. The molecule has 0 radical (unpaired) electrons. The van der Waals surface area contributed by atoms with Crippen LogP contribution in [-0.4, -0.2) is 29.8 Å². The molecule has 1 aliphatic carbocycles. The molecule has 2 aliphatic rings. The van der Waals surface area contributed by atoms with E-state index in [0.717, 1.165) is 24.8 Å². The zero-order valence-electron chi connectivity index (χ0n) is 14.8. The highest BCUT2D eigenvalue weighted by atomic mass is 32.1. The summed E-state index contributed by atoms with van der Waals surface area (Å²) in [4.78, 5) is 27.9. The molecule has 2 fully saturated rings. The van der Waals surface area contributed by atoms with Crippen molar-refractivity contribution >= 4 is 23.2 Å². The Morgan fingerprint density at radius 3 is 2.54 bits per heavy atom. The van der Waals surface area contributed by atoms with Crippen molar-refractivity contribution in [2.75, 3.05) is 13.1 Å². The number of benzene rings is 1. The third kappa shape index (κ3) is 3.16. The van der Waals surface area contributed by atoms with Crippen LogP contribution in [0.3, 0.4) is 0 Å². The number of rotatable bonds is 5. The topological polar surface area (TPSA) is 63.4 Å². The molecule has 1 aromatic carbocycles. The van der Waals surface area contributed by atoms with Gasteiger partial charge in [-0.3, -0.25) is 9.59 Å². The molecule has 4 nitrogen and oxygen atoms in total. The van der Waals surface area contributed by atoms with Gasteiger partial charge in [0.25, 0.3) is 0 Å². The van der Waals surface area contributed by atoms with Gasteiger partial charge in [0.1, 0.15) is 0 Å². The van der Waals surface area contributed by atoms with Crippen LogP contribution in [0, 0.1) is 11.3 Å². The van der Waals surface area contributed by atoms with Gasteiger partial charge in [0, 0.05) is 23.9 Å². The zero-order valence-corrected chi connectivity index (χ0v) is 15.6. The van der Waals surface area contributed by atoms with Crippen LogP contribution >= 0.6 is 11.3 Å². The molecule has 2 N–H and O–H groups in total. The van der Waals surface area contributed by atoms with Crippen LogP contribution in [-0.2, 0) is 16.0 Å². The summed E-state index contributed by atoms with van der Waals surface area (Å²) in [6, 6.07) is 12.5. The van der Waals surface area contributed by atoms with E-state index < -0.39 is 5.41 Å². The van der Waals surface area contributed by atoms with Gasteiger partial charge < -0.3 is 10.6 Å². The van der Waals surface area contributed by atoms with Crippen molar-refractivity contribution in [1.29, 1.82) is 0 Å². The molecule has 1 atom stereocenters. The van der Waals surface area contributed by atoms with Crippen molar-refractivity contribution in [2.24, 2.45) is 17.1 Å². The Balaban J connectivity index is 1.49. The summed E-state index contributed by atoms with van der Waals surface area (Å²) < 4.78 is 0. The first-order chi connectivity index (χ1) is 12.6. The number of hydrogen-bond donors (Lipinski definition) is 1. The van der Waals surface area contributed by atoms with Crippen LogP contribution in [0.5, 0.6) is 0 Å². The molecule has 0 unspecified atom stereocenters. The van der Waals surface area contributed by atoms with E-state index >= 15 is 0 Å². The molecule has 136 valence electrons. The van der Waals surface area contributed by atoms with E-state index in [-0.39, 0.29) is 17.7 Å². The minimum Gasteiger partial charge on any atom is -0.369 e. The number of thiophene rings is 1. The molecule has 5 heteroatoms. The highest BCUT2D eigenvalue weighted by Gasteiger charge is 2.46. The van der Waals surface area contributed by atoms with Gasteiger partial charge in [-0.15, -0.1) is 11.3 Å². The lowest BCUT2D eigenvalue weighted by Gasteiger charge is -2.31. The van der Waals surface area contributed by atoms with Crippen LogP contribution in [0.15, 0.2) is 41.8 Å². The van der Waals surface area contributed by atoms with Gasteiger partial charge in [-0.1, -0.05) is 36.8 Å². The number of hydrogen-bond acceptors (Lipinski definition) is 3. The predicted molar refractivity (Wildman–Crippen MR) is 104 cm³/mol. The van der Waals surface area contributed by atoms with E-state index in [2.05, 4.69) is 35.7 Å². The highest BCUT2D eigenvalue weighted by Crippen LogP contribution is 2.37. The maximum atomic E-state index is 12.5. The lowest BCUT2D eigenvalue weighted by molar-refractivity contribution is -0.138. The highest BCUT2D eigenvalue weighted by molar-refractivity contribution is 7.13. The van der Waals surface area contributed by atoms with Gasteiger partial charge in [-0.05, 0) is 48.3 Å². The van der Waals surface area contributed by atoms with Crippen molar-refractivity contribution in [3.8, 4) is 10.4 Å². The fraction of sp³-hybridized carbons (Fsp3) is 0.429. The smallest absolute Gasteiger partial charge is 0.225 e. The van der Waals surface area contributed by atoms with Crippen molar-refractivity contribution in [2.45, 2.75) is 32.1 Å². The predicted octanol–water partition coefficient (Wildman–Crippen LogP) is 3.46. The maximum Gasteiger partial charge on any atom is 0.225 e. The van der Waals surface area contributed by atoms with Gasteiger partial charge in [0.05, 0.1) is 5.41 Å². The van der Waals surface area contributed by atoms with E-state index in [1.807, 2.05) is 11.0 Å². The van der Waals surface area contributed by atoms with E-state index in [1.165, 1.54) is 10.4 Å². The Bertz CT molecular complexity index is 796. The zero-order chi connectivity index (χ0) is 18.1. The Morgan fingerprint density at radius 1 is 1.19 bits per heavy atom. The average Bonchev–Trinajstić information content (AvgIpc) is 3.24. The second kappa shape index (κ2) is 6.88. The van der Waals surface area contributed by atoms with Crippen molar-refractivity contribution < 1.29 is 9.59 Å². The second-order valence-electron chi connectivity index (χ2n) is 7.63. The molecule has 2 amide bonds. The molecule has 4 rings (SSSR count). The van der Waals surface area contributed by atoms with Crippen LogP contribution < -0.4 is 5.73 Å². The van der Waals surface area contributed by atoms with Crippen molar-refractivity contribution in [3.05, 3.63) is 47.3 Å². The lowest BCUT2D eigenvalue weighted by Crippen LogP contribution is -2.44. The average molecular weight is 369 g/mol. The number of carbonyl (C=O) groups excluding carboxylic acids is 2. The molecular formula is C21H24N2O2S. The summed E-state index contributed by atoms with van der Waals surface area (Å²) in [6.07, 6.45) is 4.38. The van der Waals surface area contributed by atoms with Gasteiger partial charge in [0.15, 0.2) is 0 Å². The summed E-state index contributed by atoms with van der Waals surface area (Å²) in [7, 11) is 0. The number of nitrogens with zero attached hydrogens (tertiary/aromatic N) is 1. The van der Waals surface area contributed by atoms with Crippen LogP contribution in [0.4, 0.5) is 0 Å². The van der Waals surface area contributed by atoms with Crippen LogP contribution in [0.2, 0.25) is 0 Å². The van der Waals surface area contributed by atoms with Crippen LogP contribution in [0.25, 0.3) is 10.4 Å². The minimum absolute atomic E-state index is 0.170. The summed E-state index contributed by atoms with van der Waals surface area (Å²) >= 11 is 1.71. The molecule has 1 aliphatic heterocycles. The molecule has 0 bridgehead atoms. The first-order valence-electron chi connectivity index (χ1n) is 9.29. The first-order valence-corrected chi connectivity index (χ1v) is 10.2. The van der Waals surface area contributed by atoms with Gasteiger partial charge in [-0.25, -0.2) is 0 Å². The molecule has 1 saturated carbocycles. The van der Waals surface area contributed by atoms with Crippen molar-refractivity contribution in [1.82, 2.24) is 4.90 Å². The quantitative estimate of drug-likeness (QED) is 0.878. The van der Waals surface area contributed by atoms with E-state index in [0.29, 0.717) is 25.9 Å². The van der Waals surface area contributed by atoms with Gasteiger partial charge in [0.2, 0.25) is 11.8 Å². The lowest BCUT2D eigenvalue weighted by atomic mass is 9.79. The summed E-state index contributed by atoms with van der Waals surface area (Å²) in [5, 5.41) is 2.07. The third-order valence-corrected chi connectivity index (χ3v) is 6.86. The summed E-state index contributed by atoms with van der Waals surface area (Å²) in [5.74, 6) is 0.0971. The normalized spacial score (nSPS) is 23.0. The Labute approximate surface area is 158 Å². The molecule has 26 heavy (non-hydrogen) atoms. The van der Waals surface area contributed by atoms with Gasteiger partial charge in [-0.2, -0.15) is 0 Å². The molecule has 1 saturated heterocycles. The first kappa shape index (κ1) is 17.3. The maximum absolute atomic E-state index is 12.5. The Morgan fingerprint density at radius 2 is 1.96 bits per heavy atom.